The van der Waals surface area contributed by atoms with E-state index in [2.05, 4.69) is 44.5 Å². The van der Waals surface area contributed by atoms with Crippen molar-refractivity contribution >= 4 is 17.2 Å². The highest BCUT2D eigenvalue weighted by Gasteiger charge is 2.45. The van der Waals surface area contributed by atoms with Crippen molar-refractivity contribution in [3.63, 3.8) is 0 Å². The molecule has 112 valence electrons. The lowest BCUT2D eigenvalue weighted by Gasteiger charge is -2.25. The molecular weight excluding hydrogens is 270 g/mol. The Morgan fingerprint density at radius 3 is 2.75 bits per heavy atom. The number of carbonyl (C=O) groups is 1. The lowest BCUT2D eigenvalue weighted by Crippen LogP contribution is -2.41. The second kappa shape index (κ2) is 5.86. The van der Waals surface area contributed by atoms with Crippen molar-refractivity contribution in [1.29, 1.82) is 0 Å². The van der Waals surface area contributed by atoms with Crippen LogP contribution in [0.1, 0.15) is 50.0 Å². The van der Waals surface area contributed by atoms with Crippen LogP contribution in [-0.4, -0.2) is 23.7 Å². The molecule has 1 saturated carbocycles. The molecule has 1 amide bonds. The molecular formula is C16H25NO2S. The maximum Gasteiger partial charge on any atom is 0.224 e. The molecule has 4 heteroatoms. The van der Waals surface area contributed by atoms with Crippen molar-refractivity contribution in [3.8, 4) is 0 Å². The third-order valence-electron chi connectivity index (χ3n) is 3.79. The number of carbonyl (C=O) groups excluding carboxylic acids is 1. The molecule has 3 atom stereocenters. The van der Waals surface area contributed by atoms with Gasteiger partial charge in [-0.1, -0.05) is 20.8 Å². The molecule has 1 heterocycles. The Balaban J connectivity index is 1.89. The van der Waals surface area contributed by atoms with Crippen molar-refractivity contribution in [2.45, 2.75) is 52.5 Å². The van der Waals surface area contributed by atoms with Crippen LogP contribution in [0.3, 0.4) is 0 Å². The quantitative estimate of drug-likeness (QED) is 0.877. The highest BCUT2D eigenvalue weighted by molar-refractivity contribution is 7.10. The SMILES string of the molecule is Cc1ccsc1C1CC1C(=O)NC(CO)CC(C)(C)C. The van der Waals surface area contributed by atoms with Crippen molar-refractivity contribution in [1.82, 2.24) is 5.32 Å². The van der Waals surface area contributed by atoms with Crippen LogP contribution in [0, 0.1) is 18.3 Å². The number of hydrogen-bond donors (Lipinski definition) is 2. The van der Waals surface area contributed by atoms with Crippen molar-refractivity contribution in [2.75, 3.05) is 6.61 Å². The van der Waals surface area contributed by atoms with Crippen LogP contribution in [0.15, 0.2) is 11.4 Å². The Morgan fingerprint density at radius 2 is 2.25 bits per heavy atom. The Hall–Kier alpha value is -0.870. The van der Waals surface area contributed by atoms with E-state index in [0.717, 1.165) is 12.8 Å². The summed E-state index contributed by atoms with van der Waals surface area (Å²) in [5.41, 5.74) is 1.40. The molecule has 1 aromatic rings. The number of hydrogen-bond acceptors (Lipinski definition) is 3. The number of aryl methyl sites for hydroxylation is 1. The first-order chi connectivity index (χ1) is 9.31. The lowest BCUT2D eigenvalue weighted by molar-refractivity contribution is -0.123. The fraction of sp³-hybridized carbons (Fsp3) is 0.688. The largest absolute Gasteiger partial charge is 0.394 e. The van der Waals surface area contributed by atoms with Gasteiger partial charge in [-0.15, -0.1) is 11.3 Å². The molecule has 1 aliphatic rings. The Labute approximate surface area is 125 Å². The summed E-state index contributed by atoms with van der Waals surface area (Å²) in [7, 11) is 0. The van der Waals surface area contributed by atoms with Gasteiger partial charge in [-0.3, -0.25) is 4.79 Å². The van der Waals surface area contributed by atoms with Crippen molar-refractivity contribution < 1.29 is 9.90 Å². The zero-order chi connectivity index (χ0) is 14.9. The summed E-state index contributed by atoms with van der Waals surface area (Å²) in [5.74, 6) is 0.594. The number of aliphatic hydroxyl groups is 1. The minimum absolute atomic E-state index is 0.0123. The maximum absolute atomic E-state index is 12.3. The minimum atomic E-state index is -0.131. The summed E-state index contributed by atoms with van der Waals surface area (Å²) in [4.78, 5) is 13.6. The predicted octanol–water partition coefficient (Wildman–Crippen LogP) is 3.07. The van der Waals surface area contributed by atoms with Crippen LogP contribution in [0.4, 0.5) is 0 Å². The second-order valence-electron chi connectivity index (χ2n) is 7.07. The fourth-order valence-electron chi connectivity index (χ4n) is 2.75. The van der Waals surface area contributed by atoms with E-state index in [4.69, 9.17) is 0 Å². The van der Waals surface area contributed by atoms with E-state index in [1.54, 1.807) is 11.3 Å². The van der Waals surface area contributed by atoms with Gasteiger partial charge in [0, 0.05) is 16.7 Å². The van der Waals surface area contributed by atoms with Gasteiger partial charge >= 0.3 is 0 Å². The molecule has 2 N–H and O–H groups in total. The zero-order valence-corrected chi connectivity index (χ0v) is 13.6. The highest BCUT2D eigenvalue weighted by Crippen LogP contribution is 2.50. The van der Waals surface area contributed by atoms with E-state index in [9.17, 15) is 9.90 Å². The van der Waals surface area contributed by atoms with E-state index >= 15 is 0 Å². The molecule has 0 aliphatic heterocycles. The number of nitrogens with one attached hydrogen (secondary N) is 1. The standard InChI is InChI=1S/C16H25NO2S/c1-10-5-6-20-14(10)12-7-13(12)15(19)17-11(9-18)8-16(2,3)4/h5-6,11-13,18H,7-9H2,1-4H3,(H,17,19). The summed E-state index contributed by atoms with van der Waals surface area (Å²) >= 11 is 1.75. The Morgan fingerprint density at radius 1 is 1.55 bits per heavy atom. The molecule has 0 aromatic carbocycles. The number of aliphatic hydroxyl groups excluding tert-OH is 1. The van der Waals surface area contributed by atoms with E-state index < -0.39 is 0 Å². The molecule has 3 unspecified atom stereocenters. The van der Waals surface area contributed by atoms with Gasteiger partial charge in [-0.25, -0.2) is 0 Å². The zero-order valence-electron chi connectivity index (χ0n) is 12.8. The lowest BCUT2D eigenvalue weighted by atomic mass is 9.88. The van der Waals surface area contributed by atoms with Gasteiger partial charge in [0.15, 0.2) is 0 Å². The Bertz CT molecular complexity index is 475. The van der Waals surface area contributed by atoms with Gasteiger partial charge in [-0.05, 0) is 42.2 Å². The fourth-order valence-corrected chi connectivity index (χ4v) is 3.86. The summed E-state index contributed by atoms with van der Waals surface area (Å²) in [5, 5.41) is 14.5. The number of thiophene rings is 1. The van der Waals surface area contributed by atoms with Crippen LogP contribution in [0.2, 0.25) is 0 Å². The maximum atomic E-state index is 12.3. The minimum Gasteiger partial charge on any atom is -0.394 e. The first-order valence-corrected chi connectivity index (χ1v) is 8.15. The van der Waals surface area contributed by atoms with Crippen molar-refractivity contribution in [3.05, 3.63) is 21.9 Å². The van der Waals surface area contributed by atoms with Gasteiger partial charge in [0.1, 0.15) is 0 Å². The average Bonchev–Trinajstić information content (AvgIpc) is 3.02. The first-order valence-electron chi connectivity index (χ1n) is 7.27. The van der Waals surface area contributed by atoms with Gasteiger partial charge in [0.25, 0.3) is 0 Å². The highest BCUT2D eigenvalue weighted by atomic mass is 32.1. The molecule has 1 fully saturated rings. The van der Waals surface area contributed by atoms with E-state index in [1.165, 1.54) is 10.4 Å². The van der Waals surface area contributed by atoms with E-state index in [1.807, 2.05) is 0 Å². The smallest absolute Gasteiger partial charge is 0.224 e. The van der Waals surface area contributed by atoms with Crippen LogP contribution < -0.4 is 5.32 Å². The van der Waals surface area contributed by atoms with Gasteiger partial charge < -0.3 is 10.4 Å². The van der Waals surface area contributed by atoms with Gasteiger partial charge in [0.2, 0.25) is 5.91 Å². The normalized spacial score (nSPS) is 23.4. The first kappa shape index (κ1) is 15.5. The van der Waals surface area contributed by atoms with Crippen LogP contribution in [0.25, 0.3) is 0 Å². The average molecular weight is 295 g/mol. The summed E-state index contributed by atoms with van der Waals surface area (Å²) in [6.07, 6.45) is 1.74. The molecule has 1 aliphatic carbocycles. The molecule has 3 nitrogen and oxygen atoms in total. The van der Waals surface area contributed by atoms with E-state index in [-0.39, 0.29) is 29.9 Å². The molecule has 0 radical (unpaired) electrons. The molecule has 0 saturated heterocycles. The Kier molecular flexibility index (Phi) is 4.55. The van der Waals surface area contributed by atoms with Gasteiger partial charge in [-0.2, -0.15) is 0 Å². The molecule has 0 spiro atoms. The van der Waals surface area contributed by atoms with E-state index in [0.29, 0.717) is 5.92 Å². The van der Waals surface area contributed by atoms with Gasteiger partial charge in [0.05, 0.1) is 12.6 Å². The summed E-state index contributed by atoms with van der Waals surface area (Å²) in [6.45, 7) is 8.48. The van der Waals surface area contributed by atoms with Crippen LogP contribution in [0.5, 0.6) is 0 Å². The molecule has 20 heavy (non-hydrogen) atoms. The number of rotatable bonds is 5. The topological polar surface area (TPSA) is 49.3 Å². The predicted molar refractivity (Wildman–Crippen MR) is 83.0 cm³/mol. The van der Waals surface area contributed by atoms with Crippen LogP contribution >= 0.6 is 11.3 Å². The molecule has 1 aromatic heterocycles. The monoisotopic (exact) mass is 295 g/mol. The summed E-state index contributed by atoms with van der Waals surface area (Å²) < 4.78 is 0. The third kappa shape index (κ3) is 3.83. The second-order valence-corrected chi connectivity index (χ2v) is 8.02. The molecule has 0 bridgehead atoms. The summed E-state index contributed by atoms with van der Waals surface area (Å²) in [6, 6.07) is 1.98. The number of amides is 1. The molecule has 2 rings (SSSR count). The third-order valence-corrected chi connectivity index (χ3v) is 4.94. The van der Waals surface area contributed by atoms with Crippen molar-refractivity contribution in [2.24, 2.45) is 11.3 Å². The van der Waals surface area contributed by atoms with Crippen LogP contribution in [-0.2, 0) is 4.79 Å².